The zero-order valence-corrected chi connectivity index (χ0v) is 17.3. The van der Waals surface area contributed by atoms with Gasteiger partial charge in [0.25, 0.3) is 11.8 Å². The number of halogens is 1. The standard InChI is InChI=1S/C22H26FN3O2/c1-13-9-15(7-8-18(13)23)20(27)26-11-16(21(28)25(5)6)19-14(2)24-10-17(19)22(3,4)12-26/h7-9,11H,10,12H2,1-6H3. The minimum absolute atomic E-state index is 0.172. The minimum atomic E-state index is -0.355. The second-order valence-electron chi connectivity index (χ2n) is 8.28. The van der Waals surface area contributed by atoms with Crippen molar-refractivity contribution in [3.8, 4) is 0 Å². The number of benzene rings is 1. The van der Waals surface area contributed by atoms with Crippen molar-refractivity contribution in [3.05, 3.63) is 58.1 Å². The Bertz CT molecular complexity index is 955. The average molecular weight is 383 g/mol. The summed E-state index contributed by atoms with van der Waals surface area (Å²) >= 11 is 0. The van der Waals surface area contributed by atoms with Gasteiger partial charge in [-0.2, -0.15) is 0 Å². The molecule has 0 atom stereocenters. The Morgan fingerprint density at radius 3 is 2.50 bits per heavy atom. The lowest BCUT2D eigenvalue weighted by Crippen LogP contribution is -2.36. The van der Waals surface area contributed by atoms with Gasteiger partial charge in [0.05, 0.1) is 12.1 Å². The lowest BCUT2D eigenvalue weighted by Gasteiger charge is -2.30. The number of nitrogens with zero attached hydrogens (tertiary/aromatic N) is 3. The van der Waals surface area contributed by atoms with Crippen molar-refractivity contribution in [2.24, 2.45) is 10.4 Å². The van der Waals surface area contributed by atoms with Crippen LogP contribution >= 0.6 is 0 Å². The van der Waals surface area contributed by atoms with Gasteiger partial charge >= 0.3 is 0 Å². The lowest BCUT2D eigenvalue weighted by molar-refractivity contribution is -0.124. The third-order valence-electron chi connectivity index (χ3n) is 5.38. The number of amides is 2. The molecule has 0 unspecified atom stereocenters. The number of rotatable bonds is 2. The molecule has 3 rings (SSSR count). The van der Waals surface area contributed by atoms with Crippen LogP contribution in [-0.2, 0) is 4.79 Å². The highest BCUT2D eigenvalue weighted by molar-refractivity contribution is 6.15. The van der Waals surface area contributed by atoms with Crippen LogP contribution in [-0.4, -0.2) is 54.5 Å². The van der Waals surface area contributed by atoms with E-state index in [0.717, 1.165) is 16.9 Å². The summed E-state index contributed by atoms with van der Waals surface area (Å²) in [6.07, 6.45) is 1.64. The molecule has 0 saturated heterocycles. The first-order chi connectivity index (χ1) is 13.0. The molecular weight excluding hydrogens is 357 g/mol. The Morgan fingerprint density at radius 1 is 1.21 bits per heavy atom. The van der Waals surface area contributed by atoms with Crippen LogP contribution in [0.3, 0.4) is 0 Å². The molecule has 0 aromatic heterocycles. The lowest BCUT2D eigenvalue weighted by atomic mass is 9.80. The molecule has 148 valence electrons. The van der Waals surface area contributed by atoms with Crippen molar-refractivity contribution in [2.45, 2.75) is 27.7 Å². The topological polar surface area (TPSA) is 53.0 Å². The zero-order valence-electron chi connectivity index (χ0n) is 17.3. The first-order valence-electron chi connectivity index (χ1n) is 9.29. The van der Waals surface area contributed by atoms with Crippen molar-refractivity contribution >= 4 is 17.5 Å². The molecule has 1 aromatic carbocycles. The van der Waals surface area contributed by atoms with Crippen LogP contribution < -0.4 is 0 Å². The Morgan fingerprint density at radius 2 is 1.89 bits per heavy atom. The maximum Gasteiger partial charge on any atom is 0.257 e. The van der Waals surface area contributed by atoms with Gasteiger partial charge in [0.2, 0.25) is 0 Å². The highest BCUT2D eigenvalue weighted by atomic mass is 19.1. The third kappa shape index (κ3) is 3.39. The van der Waals surface area contributed by atoms with Crippen LogP contribution in [0, 0.1) is 18.2 Å². The largest absolute Gasteiger partial charge is 0.345 e. The summed E-state index contributed by atoms with van der Waals surface area (Å²) in [6.45, 7) is 8.59. The Hall–Kier alpha value is -2.76. The zero-order chi connectivity index (χ0) is 20.8. The summed E-state index contributed by atoms with van der Waals surface area (Å²) in [5.74, 6) is -0.773. The number of carbonyl (C=O) groups excluding carboxylic acids is 2. The number of carbonyl (C=O) groups is 2. The van der Waals surface area contributed by atoms with Crippen molar-refractivity contribution in [1.82, 2.24) is 9.80 Å². The van der Waals surface area contributed by atoms with Gasteiger partial charge in [-0.25, -0.2) is 4.39 Å². The average Bonchev–Trinajstić information content (AvgIpc) is 2.96. The molecule has 2 aliphatic heterocycles. The van der Waals surface area contributed by atoms with Crippen LogP contribution in [0.4, 0.5) is 4.39 Å². The highest BCUT2D eigenvalue weighted by Gasteiger charge is 2.39. The maximum absolute atomic E-state index is 13.6. The quantitative estimate of drug-likeness (QED) is 0.786. The fraction of sp³-hybridized carbons (Fsp3) is 0.409. The van der Waals surface area contributed by atoms with Gasteiger partial charge in [-0.1, -0.05) is 13.8 Å². The van der Waals surface area contributed by atoms with Crippen LogP contribution in [0.2, 0.25) is 0 Å². The summed E-state index contributed by atoms with van der Waals surface area (Å²) in [5.41, 5.74) is 3.65. The van der Waals surface area contributed by atoms with Crippen LogP contribution in [0.5, 0.6) is 0 Å². The van der Waals surface area contributed by atoms with Crippen molar-refractivity contribution in [3.63, 3.8) is 0 Å². The minimum Gasteiger partial charge on any atom is -0.345 e. The van der Waals surface area contributed by atoms with E-state index in [4.69, 9.17) is 0 Å². The van der Waals surface area contributed by atoms with E-state index in [1.54, 1.807) is 38.2 Å². The van der Waals surface area contributed by atoms with E-state index in [1.807, 2.05) is 6.92 Å². The molecule has 0 spiro atoms. The number of hydrogen-bond donors (Lipinski definition) is 0. The van der Waals surface area contributed by atoms with E-state index in [0.29, 0.717) is 29.8 Å². The van der Waals surface area contributed by atoms with Crippen LogP contribution in [0.15, 0.2) is 46.1 Å². The first kappa shape index (κ1) is 20.0. The fourth-order valence-corrected chi connectivity index (χ4v) is 3.75. The third-order valence-corrected chi connectivity index (χ3v) is 5.38. The molecule has 0 radical (unpaired) electrons. The first-order valence-corrected chi connectivity index (χ1v) is 9.29. The molecule has 2 aliphatic rings. The van der Waals surface area contributed by atoms with Gasteiger partial charge in [-0.15, -0.1) is 0 Å². The van der Waals surface area contributed by atoms with Crippen molar-refractivity contribution in [2.75, 3.05) is 27.2 Å². The van der Waals surface area contributed by atoms with Gasteiger partial charge < -0.3 is 9.80 Å². The van der Waals surface area contributed by atoms with Crippen molar-refractivity contribution < 1.29 is 14.0 Å². The Kier molecular flexibility index (Phi) is 5.00. The molecule has 6 heteroatoms. The summed E-state index contributed by atoms with van der Waals surface area (Å²) < 4.78 is 13.6. The molecule has 0 fully saturated rings. The molecule has 1 aromatic rings. The van der Waals surface area contributed by atoms with Crippen LogP contribution in [0.25, 0.3) is 0 Å². The van der Waals surface area contributed by atoms with E-state index >= 15 is 0 Å². The van der Waals surface area contributed by atoms with Gasteiger partial charge in [0.1, 0.15) is 5.82 Å². The van der Waals surface area contributed by atoms with E-state index in [1.165, 1.54) is 17.0 Å². The Balaban J connectivity index is 2.12. The molecule has 5 nitrogen and oxygen atoms in total. The maximum atomic E-state index is 13.6. The number of hydrogen-bond acceptors (Lipinski definition) is 3. The molecule has 0 saturated carbocycles. The second kappa shape index (κ2) is 7.00. The SMILES string of the molecule is CC1=NCC2=C1C(C(=O)N(C)C)=CN(C(=O)c1ccc(F)c(C)c1)CC2(C)C. The smallest absolute Gasteiger partial charge is 0.257 e. The molecule has 2 amide bonds. The second-order valence-corrected chi connectivity index (χ2v) is 8.28. The number of aliphatic imine (C=N–C) groups is 1. The van der Waals surface area contributed by atoms with E-state index in [-0.39, 0.29) is 23.0 Å². The summed E-state index contributed by atoms with van der Waals surface area (Å²) in [5, 5.41) is 0. The monoisotopic (exact) mass is 383 g/mol. The molecule has 0 bridgehead atoms. The van der Waals surface area contributed by atoms with Gasteiger partial charge in [-0.05, 0) is 43.2 Å². The van der Waals surface area contributed by atoms with Gasteiger partial charge in [0.15, 0.2) is 0 Å². The molecular formula is C22H26FN3O2. The summed E-state index contributed by atoms with van der Waals surface area (Å²) in [4.78, 5) is 33.8. The Labute approximate surface area is 165 Å². The molecule has 2 heterocycles. The van der Waals surface area contributed by atoms with E-state index in [2.05, 4.69) is 18.8 Å². The van der Waals surface area contributed by atoms with E-state index in [9.17, 15) is 14.0 Å². The predicted octanol–water partition coefficient (Wildman–Crippen LogP) is 3.36. The molecule has 0 N–H and O–H groups in total. The van der Waals surface area contributed by atoms with Gasteiger partial charge in [-0.3, -0.25) is 14.6 Å². The highest BCUT2D eigenvalue weighted by Crippen LogP contribution is 2.40. The van der Waals surface area contributed by atoms with E-state index < -0.39 is 0 Å². The van der Waals surface area contributed by atoms with Crippen LogP contribution in [0.1, 0.15) is 36.7 Å². The fourth-order valence-electron chi connectivity index (χ4n) is 3.75. The number of aryl methyl sites for hydroxylation is 1. The van der Waals surface area contributed by atoms with Gasteiger partial charge in [0, 0.05) is 49.1 Å². The van der Waals surface area contributed by atoms with Crippen molar-refractivity contribution in [1.29, 1.82) is 0 Å². The molecule has 28 heavy (non-hydrogen) atoms. The summed E-state index contributed by atoms with van der Waals surface area (Å²) in [6, 6.07) is 4.33. The predicted molar refractivity (Wildman–Crippen MR) is 108 cm³/mol. The summed E-state index contributed by atoms with van der Waals surface area (Å²) in [7, 11) is 3.38. The normalized spacial score (nSPS) is 18.3. The number of likely N-dealkylation sites (N-methyl/N-ethyl adjacent to an activating group) is 1. The molecule has 0 aliphatic carbocycles.